The predicted octanol–water partition coefficient (Wildman–Crippen LogP) is 2.63. The Kier molecular flexibility index (Phi) is 8.42. The molecule has 5 nitrogen and oxygen atoms in total. The van der Waals surface area contributed by atoms with Gasteiger partial charge in [-0.15, -0.1) is 6.58 Å². The van der Waals surface area contributed by atoms with Gasteiger partial charge in [-0.25, -0.2) is 9.38 Å². The quantitative estimate of drug-likeness (QED) is 0.335. The van der Waals surface area contributed by atoms with E-state index in [9.17, 15) is 9.18 Å². The molecule has 1 aromatic carbocycles. The number of anilines is 1. The van der Waals surface area contributed by atoms with Gasteiger partial charge in [-0.05, 0) is 44.0 Å². The third-order valence-corrected chi connectivity index (χ3v) is 3.10. The predicted molar refractivity (Wildman–Crippen MR) is 93.1 cm³/mol. The van der Waals surface area contributed by atoms with E-state index in [1.807, 2.05) is 24.9 Å². The summed E-state index contributed by atoms with van der Waals surface area (Å²) in [6.45, 7) is 7.24. The van der Waals surface area contributed by atoms with E-state index >= 15 is 0 Å². The van der Waals surface area contributed by atoms with E-state index in [4.69, 9.17) is 0 Å². The van der Waals surface area contributed by atoms with Gasteiger partial charge >= 0.3 is 0 Å². The van der Waals surface area contributed by atoms with E-state index < -0.39 is 0 Å². The summed E-state index contributed by atoms with van der Waals surface area (Å²) in [6.07, 6.45) is 3.80. The number of carbonyl (C=O) groups is 1. The molecule has 0 heterocycles. The van der Waals surface area contributed by atoms with Crippen molar-refractivity contribution in [1.82, 2.24) is 10.2 Å². The molecule has 0 bridgehead atoms. The second kappa shape index (κ2) is 10.4. The number of halogens is 1. The highest BCUT2D eigenvalue weighted by Crippen LogP contribution is 2.07. The molecule has 0 spiro atoms. The van der Waals surface area contributed by atoms with E-state index in [1.165, 1.54) is 24.3 Å². The maximum atomic E-state index is 12.8. The van der Waals surface area contributed by atoms with Crippen molar-refractivity contribution in [2.75, 3.05) is 32.0 Å². The molecule has 6 heteroatoms. The minimum atomic E-state index is -0.336. The van der Waals surface area contributed by atoms with Crippen LogP contribution in [0.4, 0.5) is 10.1 Å². The zero-order chi connectivity index (χ0) is 17.1. The lowest BCUT2D eigenvalue weighted by molar-refractivity contribution is -0.114. The Labute approximate surface area is 137 Å². The molecule has 2 N–H and O–H groups in total. The van der Waals surface area contributed by atoms with Crippen LogP contribution in [-0.2, 0) is 4.79 Å². The Balaban J connectivity index is 2.55. The van der Waals surface area contributed by atoms with E-state index in [0.717, 1.165) is 25.9 Å². The summed E-state index contributed by atoms with van der Waals surface area (Å²) in [6, 6.07) is 5.64. The number of hydrogen-bond donors (Lipinski definition) is 2. The molecule has 0 aliphatic rings. The molecule has 1 aromatic rings. The molecule has 0 aliphatic heterocycles. The Hall–Kier alpha value is -2.37. The van der Waals surface area contributed by atoms with Crippen LogP contribution in [0.5, 0.6) is 0 Å². The summed E-state index contributed by atoms with van der Waals surface area (Å²) >= 11 is 0. The van der Waals surface area contributed by atoms with E-state index in [-0.39, 0.29) is 18.3 Å². The van der Waals surface area contributed by atoms with Crippen molar-refractivity contribution >= 4 is 17.6 Å². The second-order valence-corrected chi connectivity index (χ2v) is 5.08. The van der Waals surface area contributed by atoms with Crippen LogP contribution in [0.25, 0.3) is 0 Å². The van der Waals surface area contributed by atoms with Crippen molar-refractivity contribution in [2.24, 2.45) is 4.99 Å². The summed E-state index contributed by atoms with van der Waals surface area (Å²) in [5.41, 5.74) is 0.552. The minimum Gasteiger partial charge on any atom is -0.357 e. The van der Waals surface area contributed by atoms with Crippen molar-refractivity contribution in [3.63, 3.8) is 0 Å². The second-order valence-electron chi connectivity index (χ2n) is 5.08. The maximum Gasteiger partial charge on any atom is 0.246 e. The molecule has 0 atom stereocenters. The van der Waals surface area contributed by atoms with Crippen LogP contribution >= 0.6 is 0 Å². The number of nitrogens with one attached hydrogen (secondary N) is 2. The standard InChI is InChI=1S/C17H25FN4O/c1-4-6-7-12-22(3)17(19-5-2)20-13-16(23)21-15-10-8-14(18)9-11-15/h4,8-11H,1,5-7,12-13H2,2-3H3,(H,19,20)(H,21,23). The van der Waals surface area contributed by atoms with Gasteiger partial charge in [0.15, 0.2) is 5.96 Å². The average molecular weight is 320 g/mol. The SMILES string of the molecule is C=CCCCN(C)C(=NCC(=O)Nc1ccc(F)cc1)NCC. The van der Waals surface area contributed by atoms with E-state index in [2.05, 4.69) is 22.2 Å². The molecule has 0 aromatic heterocycles. The van der Waals surface area contributed by atoms with Crippen LogP contribution in [-0.4, -0.2) is 43.4 Å². The van der Waals surface area contributed by atoms with E-state index in [1.54, 1.807) is 0 Å². The lowest BCUT2D eigenvalue weighted by atomic mass is 10.3. The van der Waals surface area contributed by atoms with Gasteiger partial charge < -0.3 is 15.5 Å². The number of amides is 1. The molecule has 1 amide bonds. The van der Waals surface area contributed by atoms with Gasteiger partial charge in [0, 0.05) is 25.8 Å². The zero-order valence-corrected chi connectivity index (χ0v) is 13.8. The van der Waals surface area contributed by atoms with Gasteiger partial charge in [-0.3, -0.25) is 4.79 Å². The summed E-state index contributed by atoms with van der Waals surface area (Å²) < 4.78 is 12.8. The fourth-order valence-corrected chi connectivity index (χ4v) is 1.93. The maximum absolute atomic E-state index is 12.8. The number of hydrogen-bond acceptors (Lipinski definition) is 2. The first kappa shape index (κ1) is 18.7. The molecule has 23 heavy (non-hydrogen) atoms. The Morgan fingerprint density at radius 2 is 2.09 bits per heavy atom. The first-order valence-electron chi connectivity index (χ1n) is 7.72. The molecule has 0 unspecified atom stereocenters. The molecule has 0 fully saturated rings. The summed E-state index contributed by atoms with van der Waals surface area (Å²) in [5, 5.41) is 5.84. The largest absolute Gasteiger partial charge is 0.357 e. The zero-order valence-electron chi connectivity index (χ0n) is 13.8. The topological polar surface area (TPSA) is 56.7 Å². The van der Waals surface area contributed by atoms with Gasteiger partial charge in [0.2, 0.25) is 5.91 Å². The van der Waals surface area contributed by atoms with Gasteiger partial charge in [0.1, 0.15) is 12.4 Å². The first-order chi connectivity index (χ1) is 11.1. The van der Waals surface area contributed by atoms with Gasteiger partial charge in [-0.1, -0.05) is 6.08 Å². The van der Waals surface area contributed by atoms with Crippen molar-refractivity contribution < 1.29 is 9.18 Å². The smallest absolute Gasteiger partial charge is 0.246 e. The molecule has 0 aliphatic carbocycles. The van der Waals surface area contributed by atoms with Crippen LogP contribution < -0.4 is 10.6 Å². The third kappa shape index (κ3) is 7.44. The first-order valence-corrected chi connectivity index (χ1v) is 7.72. The highest BCUT2D eigenvalue weighted by atomic mass is 19.1. The lowest BCUT2D eigenvalue weighted by Crippen LogP contribution is -2.40. The normalized spacial score (nSPS) is 11.0. The Bertz CT molecular complexity index is 528. The minimum absolute atomic E-state index is 0.00546. The number of unbranched alkanes of at least 4 members (excludes halogenated alkanes) is 1. The monoisotopic (exact) mass is 320 g/mol. The highest BCUT2D eigenvalue weighted by Gasteiger charge is 2.07. The molecule has 126 valence electrons. The molecular formula is C17H25FN4O. The number of guanidine groups is 1. The van der Waals surface area contributed by atoms with Crippen LogP contribution in [0, 0.1) is 5.82 Å². The van der Waals surface area contributed by atoms with E-state index in [0.29, 0.717) is 11.6 Å². The van der Waals surface area contributed by atoms with Gasteiger partial charge in [0.25, 0.3) is 0 Å². The molecular weight excluding hydrogens is 295 g/mol. The lowest BCUT2D eigenvalue weighted by Gasteiger charge is -2.21. The van der Waals surface area contributed by atoms with Crippen molar-refractivity contribution in [3.8, 4) is 0 Å². The van der Waals surface area contributed by atoms with Gasteiger partial charge in [0.05, 0.1) is 0 Å². The van der Waals surface area contributed by atoms with Crippen LogP contribution in [0.3, 0.4) is 0 Å². The number of carbonyl (C=O) groups excluding carboxylic acids is 1. The average Bonchev–Trinajstić information content (AvgIpc) is 2.53. The Morgan fingerprint density at radius 3 is 2.70 bits per heavy atom. The third-order valence-electron chi connectivity index (χ3n) is 3.10. The van der Waals surface area contributed by atoms with Crippen molar-refractivity contribution in [2.45, 2.75) is 19.8 Å². The van der Waals surface area contributed by atoms with Gasteiger partial charge in [-0.2, -0.15) is 0 Å². The van der Waals surface area contributed by atoms with Crippen LogP contribution in [0.2, 0.25) is 0 Å². The number of rotatable bonds is 8. The number of nitrogens with zero attached hydrogens (tertiary/aromatic N) is 2. The fraction of sp³-hybridized carbons (Fsp3) is 0.412. The summed E-state index contributed by atoms with van der Waals surface area (Å²) in [7, 11) is 1.93. The van der Waals surface area contributed by atoms with Crippen molar-refractivity contribution in [1.29, 1.82) is 0 Å². The molecule has 0 saturated heterocycles. The van der Waals surface area contributed by atoms with Crippen LogP contribution in [0.15, 0.2) is 41.9 Å². The van der Waals surface area contributed by atoms with Crippen LogP contribution in [0.1, 0.15) is 19.8 Å². The molecule has 1 rings (SSSR count). The molecule has 0 radical (unpaired) electrons. The fourth-order valence-electron chi connectivity index (χ4n) is 1.93. The summed E-state index contributed by atoms with van der Waals surface area (Å²) in [4.78, 5) is 18.2. The number of aliphatic imine (C=N–C) groups is 1. The number of allylic oxidation sites excluding steroid dienone is 1. The molecule has 0 saturated carbocycles. The van der Waals surface area contributed by atoms with Crippen molar-refractivity contribution in [3.05, 3.63) is 42.7 Å². The Morgan fingerprint density at radius 1 is 1.39 bits per heavy atom. The summed E-state index contributed by atoms with van der Waals surface area (Å²) in [5.74, 6) is 0.105. The highest BCUT2D eigenvalue weighted by molar-refractivity contribution is 5.94. The number of benzene rings is 1.